The van der Waals surface area contributed by atoms with Crippen LogP contribution in [-0.2, 0) is 13.6 Å². The van der Waals surface area contributed by atoms with Gasteiger partial charge in [-0.15, -0.1) is 0 Å². The van der Waals surface area contributed by atoms with Gasteiger partial charge in [-0.05, 0) is 11.6 Å². The van der Waals surface area contributed by atoms with E-state index in [1.54, 1.807) is 23.2 Å². The molecule has 0 aliphatic heterocycles. The third-order valence-corrected chi connectivity index (χ3v) is 3.47. The fourth-order valence-electron chi connectivity index (χ4n) is 2.39. The lowest BCUT2D eigenvalue weighted by atomic mass is 10.1. The van der Waals surface area contributed by atoms with Crippen molar-refractivity contribution < 1.29 is 9.85 Å². The van der Waals surface area contributed by atoms with Gasteiger partial charge in [-0.3, -0.25) is 20.2 Å². The maximum atomic E-state index is 10.9. The highest BCUT2D eigenvalue weighted by Crippen LogP contribution is 2.24. The molecule has 0 radical (unpaired) electrons. The zero-order chi connectivity index (χ0) is 17.3. The summed E-state index contributed by atoms with van der Waals surface area (Å²) in [6, 6.07) is 5.29. The zero-order valence-corrected chi connectivity index (χ0v) is 12.5. The van der Waals surface area contributed by atoms with E-state index in [4.69, 9.17) is 0 Å². The summed E-state index contributed by atoms with van der Waals surface area (Å²) in [7, 11) is 1.82. The normalized spacial score (nSPS) is 10.7. The van der Waals surface area contributed by atoms with Gasteiger partial charge in [0.25, 0.3) is 11.4 Å². The number of aromatic nitrogens is 3. The van der Waals surface area contributed by atoms with Gasteiger partial charge in [0.1, 0.15) is 5.52 Å². The van der Waals surface area contributed by atoms with Crippen LogP contribution in [0.15, 0.2) is 36.8 Å². The number of nitrogens with zero attached hydrogens (tertiary/aromatic N) is 5. The zero-order valence-electron chi connectivity index (χ0n) is 12.5. The topological polar surface area (TPSA) is 129 Å². The number of pyridine rings is 1. The van der Waals surface area contributed by atoms with Crippen LogP contribution in [0.5, 0.6) is 0 Å². The Morgan fingerprint density at radius 1 is 1.12 bits per heavy atom. The summed E-state index contributed by atoms with van der Waals surface area (Å²) >= 11 is 0. The molecule has 0 bridgehead atoms. The predicted octanol–water partition coefficient (Wildman–Crippen LogP) is 2.40. The minimum Gasteiger partial charge on any atom is -0.364 e. The Balaban J connectivity index is 1.92. The largest absolute Gasteiger partial charge is 0.364 e. The quantitative estimate of drug-likeness (QED) is 0.562. The van der Waals surface area contributed by atoms with Crippen LogP contribution < -0.4 is 5.32 Å². The van der Waals surface area contributed by atoms with Gasteiger partial charge in [0.2, 0.25) is 0 Å². The van der Waals surface area contributed by atoms with E-state index in [-0.39, 0.29) is 17.9 Å². The number of anilines is 1. The molecule has 24 heavy (non-hydrogen) atoms. The molecule has 0 spiro atoms. The van der Waals surface area contributed by atoms with E-state index in [9.17, 15) is 20.2 Å². The van der Waals surface area contributed by atoms with Gasteiger partial charge >= 0.3 is 0 Å². The molecule has 2 heterocycles. The summed E-state index contributed by atoms with van der Waals surface area (Å²) in [6.45, 7) is 0.153. The lowest BCUT2D eigenvalue weighted by molar-refractivity contribution is -0.394. The van der Waals surface area contributed by atoms with Crippen molar-refractivity contribution in [3.05, 3.63) is 62.6 Å². The van der Waals surface area contributed by atoms with E-state index in [0.29, 0.717) is 11.4 Å². The first-order valence-corrected chi connectivity index (χ1v) is 6.88. The average molecular weight is 328 g/mol. The molecule has 0 atom stereocenters. The molecule has 3 aromatic rings. The van der Waals surface area contributed by atoms with Crippen molar-refractivity contribution >= 4 is 28.2 Å². The number of benzene rings is 1. The molecule has 0 fully saturated rings. The number of non-ortho nitro benzene ring substituents is 2. The second-order valence-electron chi connectivity index (χ2n) is 5.11. The minimum absolute atomic E-state index is 0.153. The van der Waals surface area contributed by atoms with Crippen molar-refractivity contribution in [2.45, 2.75) is 6.54 Å². The van der Waals surface area contributed by atoms with Crippen LogP contribution in [0.1, 0.15) is 5.56 Å². The van der Waals surface area contributed by atoms with Gasteiger partial charge in [0.05, 0.1) is 27.8 Å². The number of imidazole rings is 1. The second kappa shape index (κ2) is 5.91. The third kappa shape index (κ3) is 2.84. The van der Waals surface area contributed by atoms with Crippen molar-refractivity contribution in [2.75, 3.05) is 5.32 Å². The molecular weight excluding hydrogens is 316 g/mol. The summed E-state index contributed by atoms with van der Waals surface area (Å²) in [5, 5.41) is 24.9. The number of nitro benzene ring substituents is 2. The monoisotopic (exact) mass is 328 g/mol. The van der Waals surface area contributed by atoms with Gasteiger partial charge in [0.15, 0.2) is 5.82 Å². The first kappa shape index (κ1) is 15.3. The second-order valence-corrected chi connectivity index (χ2v) is 5.11. The first-order chi connectivity index (χ1) is 11.5. The fourth-order valence-corrected chi connectivity index (χ4v) is 2.39. The van der Waals surface area contributed by atoms with Crippen LogP contribution in [0.4, 0.5) is 17.2 Å². The summed E-state index contributed by atoms with van der Waals surface area (Å²) in [5.41, 5.74) is 1.29. The van der Waals surface area contributed by atoms with Gasteiger partial charge < -0.3 is 9.88 Å². The van der Waals surface area contributed by atoms with E-state index >= 15 is 0 Å². The third-order valence-electron chi connectivity index (χ3n) is 3.47. The number of aryl methyl sites for hydroxylation is 1. The molecule has 0 saturated heterocycles. The molecule has 10 heteroatoms. The minimum atomic E-state index is -0.656. The van der Waals surface area contributed by atoms with Crippen molar-refractivity contribution in [3.63, 3.8) is 0 Å². The van der Waals surface area contributed by atoms with E-state index in [1.807, 2.05) is 7.05 Å². The number of rotatable bonds is 5. The van der Waals surface area contributed by atoms with Gasteiger partial charge in [-0.25, -0.2) is 9.97 Å². The Kier molecular flexibility index (Phi) is 3.78. The summed E-state index contributed by atoms with van der Waals surface area (Å²) in [5.74, 6) is 0.543. The molecule has 3 rings (SSSR count). The van der Waals surface area contributed by atoms with Gasteiger partial charge in [-0.1, -0.05) is 0 Å². The van der Waals surface area contributed by atoms with Crippen molar-refractivity contribution in [2.24, 2.45) is 7.05 Å². The maximum absolute atomic E-state index is 10.9. The first-order valence-electron chi connectivity index (χ1n) is 6.88. The molecule has 0 amide bonds. The Morgan fingerprint density at radius 2 is 1.79 bits per heavy atom. The molecule has 0 unspecified atom stereocenters. The van der Waals surface area contributed by atoms with Crippen LogP contribution in [0.25, 0.3) is 11.0 Å². The van der Waals surface area contributed by atoms with Crippen LogP contribution in [0.2, 0.25) is 0 Å². The molecule has 122 valence electrons. The van der Waals surface area contributed by atoms with Crippen molar-refractivity contribution in [1.82, 2.24) is 14.5 Å². The highest BCUT2D eigenvalue weighted by atomic mass is 16.6. The number of nitrogens with one attached hydrogen (secondary N) is 1. The fraction of sp³-hybridized carbons (Fsp3) is 0.143. The molecule has 0 saturated carbocycles. The Labute approximate surface area is 135 Å². The van der Waals surface area contributed by atoms with Gasteiger partial charge in [0, 0.05) is 31.9 Å². The molecule has 0 aliphatic carbocycles. The Morgan fingerprint density at radius 3 is 2.42 bits per heavy atom. The molecule has 10 nitrogen and oxygen atoms in total. The van der Waals surface area contributed by atoms with Crippen LogP contribution in [0.3, 0.4) is 0 Å². The molecule has 1 N–H and O–H groups in total. The smallest absolute Gasteiger partial charge is 0.276 e. The molecule has 2 aromatic heterocycles. The Hall–Kier alpha value is -3.56. The van der Waals surface area contributed by atoms with Crippen molar-refractivity contribution in [1.29, 1.82) is 0 Å². The summed E-state index contributed by atoms with van der Waals surface area (Å²) in [6.07, 6.45) is 3.24. The highest BCUT2D eigenvalue weighted by molar-refractivity contribution is 5.85. The van der Waals surface area contributed by atoms with E-state index in [2.05, 4.69) is 15.3 Å². The number of hydrogen-bond acceptors (Lipinski definition) is 7. The van der Waals surface area contributed by atoms with Crippen LogP contribution >= 0.6 is 0 Å². The number of nitro groups is 2. The molecular formula is C14H12N6O4. The summed E-state index contributed by atoms with van der Waals surface area (Å²) in [4.78, 5) is 29.0. The standard InChI is InChI=1S/C14H12N6O4/c1-18-8-17-12-2-3-15-14(13(12)18)16-7-9-4-10(19(21)22)6-11(5-9)20(23)24/h2-6,8H,7H2,1H3,(H,15,16). The van der Waals surface area contributed by atoms with E-state index < -0.39 is 9.85 Å². The molecule has 0 aliphatic rings. The van der Waals surface area contributed by atoms with E-state index in [1.165, 1.54) is 12.1 Å². The molecule has 1 aromatic carbocycles. The number of fused-ring (bicyclic) bond motifs is 1. The lowest BCUT2D eigenvalue weighted by Crippen LogP contribution is -2.04. The van der Waals surface area contributed by atoms with E-state index in [0.717, 1.165) is 17.1 Å². The summed E-state index contributed by atoms with van der Waals surface area (Å²) < 4.78 is 1.79. The van der Waals surface area contributed by atoms with Gasteiger partial charge in [-0.2, -0.15) is 0 Å². The van der Waals surface area contributed by atoms with Crippen molar-refractivity contribution in [3.8, 4) is 0 Å². The lowest BCUT2D eigenvalue weighted by Gasteiger charge is -2.08. The van der Waals surface area contributed by atoms with Crippen LogP contribution in [0, 0.1) is 20.2 Å². The number of hydrogen-bond donors (Lipinski definition) is 1. The average Bonchev–Trinajstić information content (AvgIpc) is 2.94. The Bertz CT molecular complexity index is 919. The highest BCUT2D eigenvalue weighted by Gasteiger charge is 2.16. The SMILES string of the molecule is Cn1cnc2ccnc(NCc3cc([N+](=O)[O-])cc([N+](=O)[O-])c3)c21. The van der Waals surface area contributed by atoms with Crippen LogP contribution in [-0.4, -0.2) is 24.4 Å². The predicted molar refractivity (Wildman–Crippen MR) is 85.6 cm³/mol. The maximum Gasteiger partial charge on any atom is 0.276 e.